The lowest BCUT2D eigenvalue weighted by molar-refractivity contribution is 0.812. The maximum atomic E-state index is 3.78. The van der Waals surface area contributed by atoms with Gasteiger partial charge in [0.25, 0.3) is 0 Å². The lowest BCUT2D eigenvalue weighted by atomic mass is 10.0. The zero-order valence-corrected chi connectivity index (χ0v) is 12.4. The third-order valence-corrected chi connectivity index (χ3v) is 4.23. The van der Waals surface area contributed by atoms with Crippen LogP contribution in [0.25, 0.3) is 0 Å². The van der Waals surface area contributed by atoms with Crippen LogP contribution in [0.2, 0.25) is 0 Å². The molecule has 2 rings (SSSR count). The quantitative estimate of drug-likeness (QED) is 0.656. The van der Waals surface area contributed by atoms with Crippen molar-refractivity contribution in [2.75, 3.05) is 0 Å². The number of hydrogen-bond acceptors (Lipinski definition) is 0. The summed E-state index contributed by atoms with van der Waals surface area (Å²) in [6, 6.07) is 19.5. The molecule has 0 N–H and O–H groups in total. The Morgan fingerprint density at radius 1 is 0.944 bits per heavy atom. The van der Waals surface area contributed by atoms with Crippen molar-refractivity contribution in [1.29, 1.82) is 0 Å². The Morgan fingerprint density at radius 3 is 2.39 bits per heavy atom. The summed E-state index contributed by atoms with van der Waals surface area (Å²) < 4.78 is 0. The molecule has 0 amide bonds. The highest BCUT2D eigenvalue weighted by Gasteiger charge is 2.06. The van der Waals surface area contributed by atoms with Crippen LogP contribution in [-0.4, -0.2) is 0 Å². The van der Waals surface area contributed by atoms with Crippen LogP contribution >= 0.6 is 15.9 Å². The Morgan fingerprint density at radius 2 is 1.67 bits per heavy atom. The van der Waals surface area contributed by atoms with Crippen molar-refractivity contribution < 1.29 is 0 Å². The van der Waals surface area contributed by atoms with Gasteiger partial charge in [0.15, 0.2) is 0 Å². The molecule has 0 aliphatic heterocycles. The van der Waals surface area contributed by atoms with E-state index in [2.05, 4.69) is 77.5 Å². The highest BCUT2D eigenvalue weighted by Crippen LogP contribution is 2.27. The van der Waals surface area contributed by atoms with Gasteiger partial charge in [0.2, 0.25) is 0 Å². The van der Waals surface area contributed by atoms with E-state index in [1.807, 2.05) is 0 Å². The largest absolute Gasteiger partial charge is 0.0839 e. The van der Waals surface area contributed by atoms with Gasteiger partial charge in [-0.3, -0.25) is 0 Å². The molecule has 0 heterocycles. The molecule has 0 radical (unpaired) electrons. The predicted octanol–water partition coefficient (Wildman–Crippen LogP) is 5.32. The average Bonchev–Trinajstić information content (AvgIpc) is 2.46. The molecule has 1 unspecified atom stereocenters. The van der Waals surface area contributed by atoms with E-state index in [0.717, 1.165) is 19.3 Å². The maximum absolute atomic E-state index is 3.78. The molecule has 0 aliphatic carbocycles. The number of alkyl halides is 1. The number of rotatable bonds is 5. The van der Waals surface area contributed by atoms with E-state index < -0.39 is 0 Å². The SMILES string of the molecule is CCc1cccc(CCC(Br)c2ccccc2)c1. The van der Waals surface area contributed by atoms with Crippen LogP contribution in [0.4, 0.5) is 0 Å². The van der Waals surface area contributed by atoms with Crippen molar-refractivity contribution in [2.24, 2.45) is 0 Å². The predicted molar refractivity (Wildman–Crippen MR) is 82.3 cm³/mol. The monoisotopic (exact) mass is 302 g/mol. The summed E-state index contributed by atoms with van der Waals surface area (Å²) in [5.74, 6) is 0. The minimum atomic E-state index is 0.448. The summed E-state index contributed by atoms with van der Waals surface area (Å²) in [4.78, 5) is 0.448. The van der Waals surface area contributed by atoms with Crippen molar-refractivity contribution in [1.82, 2.24) is 0 Å². The molecular formula is C17H19Br. The van der Waals surface area contributed by atoms with Crippen LogP contribution in [0.1, 0.15) is 34.9 Å². The van der Waals surface area contributed by atoms with Crippen molar-refractivity contribution in [3.05, 3.63) is 71.3 Å². The molecule has 0 spiro atoms. The van der Waals surface area contributed by atoms with Crippen LogP contribution in [0.3, 0.4) is 0 Å². The van der Waals surface area contributed by atoms with Gasteiger partial charge in [-0.25, -0.2) is 0 Å². The first-order chi connectivity index (χ1) is 8.79. The number of halogens is 1. The van der Waals surface area contributed by atoms with E-state index in [-0.39, 0.29) is 0 Å². The second-order valence-corrected chi connectivity index (χ2v) is 5.70. The Kier molecular flexibility index (Phi) is 5.00. The van der Waals surface area contributed by atoms with E-state index in [4.69, 9.17) is 0 Å². The van der Waals surface area contributed by atoms with Crippen LogP contribution < -0.4 is 0 Å². The van der Waals surface area contributed by atoms with Gasteiger partial charge in [-0.05, 0) is 36.0 Å². The summed E-state index contributed by atoms with van der Waals surface area (Å²) in [5.41, 5.74) is 4.23. The topological polar surface area (TPSA) is 0 Å². The Labute approximate surface area is 118 Å². The first-order valence-electron chi connectivity index (χ1n) is 6.56. The van der Waals surface area contributed by atoms with Gasteiger partial charge < -0.3 is 0 Å². The van der Waals surface area contributed by atoms with Crippen LogP contribution in [-0.2, 0) is 12.8 Å². The maximum Gasteiger partial charge on any atom is 0.0398 e. The average molecular weight is 303 g/mol. The number of hydrogen-bond donors (Lipinski definition) is 0. The Bertz CT molecular complexity index is 476. The fourth-order valence-electron chi connectivity index (χ4n) is 2.13. The van der Waals surface area contributed by atoms with Crippen molar-refractivity contribution in [3.63, 3.8) is 0 Å². The van der Waals surface area contributed by atoms with Gasteiger partial charge in [0.05, 0.1) is 0 Å². The Hall–Kier alpha value is -1.08. The van der Waals surface area contributed by atoms with Crippen LogP contribution in [0.15, 0.2) is 54.6 Å². The third-order valence-electron chi connectivity index (χ3n) is 3.25. The van der Waals surface area contributed by atoms with Gasteiger partial charge in [0, 0.05) is 4.83 Å². The first kappa shape index (κ1) is 13.4. The molecule has 94 valence electrons. The van der Waals surface area contributed by atoms with E-state index in [1.54, 1.807) is 0 Å². The summed E-state index contributed by atoms with van der Waals surface area (Å²) in [7, 11) is 0. The van der Waals surface area contributed by atoms with Crippen LogP contribution in [0, 0.1) is 0 Å². The molecule has 0 bridgehead atoms. The van der Waals surface area contributed by atoms with E-state index in [0.29, 0.717) is 4.83 Å². The fourth-order valence-corrected chi connectivity index (χ4v) is 2.66. The molecule has 0 saturated heterocycles. The molecule has 0 aliphatic rings. The third kappa shape index (κ3) is 3.71. The number of benzene rings is 2. The molecule has 2 aromatic rings. The minimum absolute atomic E-state index is 0.448. The standard InChI is InChI=1S/C17H19Br/c1-2-14-7-6-8-15(13-14)11-12-17(18)16-9-4-3-5-10-16/h3-10,13,17H,2,11-12H2,1H3. The molecule has 0 fully saturated rings. The van der Waals surface area contributed by atoms with Gasteiger partial charge >= 0.3 is 0 Å². The molecule has 0 nitrogen and oxygen atoms in total. The van der Waals surface area contributed by atoms with Crippen molar-refractivity contribution in [3.8, 4) is 0 Å². The van der Waals surface area contributed by atoms with E-state index in [9.17, 15) is 0 Å². The molecule has 2 aromatic carbocycles. The van der Waals surface area contributed by atoms with Crippen molar-refractivity contribution in [2.45, 2.75) is 31.0 Å². The summed E-state index contributed by atoms with van der Waals surface area (Å²) >= 11 is 3.78. The van der Waals surface area contributed by atoms with Gasteiger partial charge in [-0.1, -0.05) is 77.5 Å². The van der Waals surface area contributed by atoms with Crippen LogP contribution in [0.5, 0.6) is 0 Å². The molecular weight excluding hydrogens is 284 g/mol. The summed E-state index contributed by atoms with van der Waals surface area (Å²) in [6.45, 7) is 2.20. The van der Waals surface area contributed by atoms with Gasteiger partial charge in [-0.2, -0.15) is 0 Å². The second-order valence-electron chi connectivity index (χ2n) is 4.59. The smallest absolute Gasteiger partial charge is 0.0398 e. The fraction of sp³-hybridized carbons (Fsp3) is 0.294. The lowest BCUT2D eigenvalue weighted by Gasteiger charge is -2.10. The highest BCUT2D eigenvalue weighted by molar-refractivity contribution is 9.09. The molecule has 1 atom stereocenters. The molecule has 0 aromatic heterocycles. The lowest BCUT2D eigenvalue weighted by Crippen LogP contribution is -1.94. The molecule has 0 saturated carbocycles. The normalized spacial score (nSPS) is 12.3. The minimum Gasteiger partial charge on any atom is -0.0839 e. The zero-order chi connectivity index (χ0) is 12.8. The Balaban J connectivity index is 1.95. The zero-order valence-electron chi connectivity index (χ0n) is 10.8. The second kappa shape index (κ2) is 6.75. The van der Waals surface area contributed by atoms with Gasteiger partial charge in [-0.15, -0.1) is 0 Å². The highest BCUT2D eigenvalue weighted by atomic mass is 79.9. The summed E-state index contributed by atoms with van der Waals surface area (Å²) in [6.07, 6.45) is 3.38. The first-order valence-corrected chi connectivity index (χ1v) is 7.48. The van der Waals surface area contributed by atoms with Crippen molar-refractivity contribution >= 4 is 15.9 Å². The number of aryl methyl sites for hydroxylation is 2. The molecule has 1 heteroatoms. The van der Waals surface area contributed by atoms with E-state index >= 15 is 0 Å². The van der Waals surface area contributed by atoms with Gasteiger partial charge in [0.1, 0.15) is 0 Å². The van der Waals surface area contributed by atoms with E-state index in [1.165, 1.54) is 16.7 Å². The molecule has 18 heavy (non-hydrogen) atoms. The summed E-state index contributed by atoms with van der Waals surface area (Å²) in [5, 5.41) is 0.